The first-order chi connectivity index (χ1) is 16.4. The predicted molar refractivity (Wildman–Crippen MR) is 128 cm³/mol. The van der Waals surface area contributed by atoms with Crippen molar-refractivity contribution in [3.8, 4) is 0 Å². The third-order valence-corrected chi connectivity index (χ3v) is 5.46. The number of esters is 1. The van der Waals surface area contributed by atoms with Gasteiger partial charge in [-0.05, 0) is 48.5 Å². The van der Waals surface area contributed by atoms with Crippen LogP contribution < -0.4 is 16.0 Å². The van der Waals surface area contributed by atoms with Crippen LogP contribution in [0, 0.1) is 0 Å². The Hall–Kier alpha value is -4.17. The fourth-order valence-corrected chi connectivity index (χ4v) is 3.64. The number of carbonyl (C=O) groups is 4. The van der Waals surface area contributed by atoms with E-state index in [9.17, 15) is 19.2 Å². The van der Waals surface area contributed by atoms with Crippen molar-refractivity contribution in [2.75, 3.05) is 22.6 Å². The summed E-state index contributed by atoms with van der Waals surface area (Å²) < 4.78 is 5.07. The van der Waals surface area contributed by atoms with Gasteiger partial charge < -0.3 is 20.7 Å². The summed E-state index contributed by atoms with van der Waals surface area (Å²) in [4.78, 5) is 49.1. The average molecular weight is 478 g/mol. The maximum Gasteiger partial charge on any atom is 0.338 e. The molecule has 0 aromatic heterocycles. The van der Waals surface area contributed by atoms with Gasteiger partial charge in [0.2, 0.25) is 17.6 Å². The minimum Gasteiger partial charge on any atom is -0.454 e. The second-order valence-electron chi connectivity index (χ2n) is 7.54. The maximum absolute atomic E-state index is 12.4. The number of halogens is 1. The van der Waals surface area contributed by atoms with Crippen LogP contribution in [0.2, 0.25) is 5.02 Å². The fourth-order valence-electron chi connectivity index (χ4n) is 3.40. The second kappa shape index (κ2) is 10.2. The van der Waals surface area contributed by atoms with E-state index in [-0.39, 0.29) is 34.4 Å². The third kappa shape index (κ3) is 5.41. The standard InChI is InChI=1S/C25H20ClN3O5/c26-18-6-2-1-5-17(18)22(30)14-34-25(33)15-9-11-16(12-10-15)27-23(31)13-21-24(32)29-20-8-4-3-7-19(20)28-21/h1-12,21,28H,13-14H2,(H,27,31)(H,29,32)/t21-/m1/s1. The van der Waals surface area contributed by atoms with Crippen molar-refractivity contribution in [3.05, 3.63) is 88.9 Å². The molecule has 1 heterocycles. The highest BCUT2D eigenvalue weighted by atomic mass is 35.5. The number of carbonyl (C=O) groups excluding carboxylic acids is 4. The highest BCUT2D eigenvalue weighted by molar-refractivity contribution is 6.34. The maximum atomic E-state index is 12.4. The molecule has 3 aromatic rings. The zero-order valence-electron chi connectivity index (χ0n) is 17.8. The molecule has 0 saturated carbocycles. The van der Waals surface area contributed by atoms with E-state index in [2.05, 4.69) is 16.0 Å². The molecule has 0 bridgehead atoms. The summed E-state index contributed by atoms with van der Waals surface area (Å²) in [5.41, 5.74) is 2.36. The SMILES string of the molecule is O=C(C[C@H]1Nc2ccccc2NC1=O)Nc1ccc(C(=O)OCC(=O)c2ccccc2Cl)cc1. The minimum atomic E-state index is -0.709. The van der Waals surface area contributed by atoms with E-state index in [4.69, 9.17) is 16.3 Å². The molecule has 0 fully saturated rings. The van der Waals surface area contributed by atoms with E-state index in [1.807, 2.05) is 18.2 Å². The zero-order valence-corrected chi connectivity index (χ0v) is 18.6. The van der Waals surface area contributed by atoms with Crippen LogP contribution in [0.15, 0.2) is 72.8 Å². The van der Waals surface area contributed by atoms with Crippen molar-refractivity contribution in [2.24, 2.45) is 0 Å². The molecule has 0 unspecified atom stereocenters. The van der Waals surface area contributed by atoms with Crippen LogP contribution in [0.1, 0.15) is 27.1 Å². The molecule has 0 aliphatic carbocycles. The number of amides is 2. The van der Waals surface area contributed by atoms with Gasteiger partial charge in [-0.25, -0.2) is 4.79 Å². The Morgan fingerprint density at radius 1 is 0.912 bits per heavy atom. The fraction of sp³-hybridized carbons (Fsp3) is 0.120. The molecule has 3 aromatic carbocycles. The average Bonchev–Trinajstić information content (AvgIpc) is 2.83. The van der Waals surface area contributed by atoms with E-state index in [1.165, 1.54) is 24.3 Å². The van der Waals surface area contributed by atoms with Crippen LogP contribution in [0.4, 0.5) is 17.1 Å². The lowest BCUT2D eigenvalue weighted by Gasteiger charge is -2.26. The van der Waals surface area contributed by atoms with Crippen molar-refractivity contribution >= 4 is 52.2 Å². The van der Waals surface area contributed by atoms with Gasteiger partial charge in [0.25, 0.3) is 0 Å². The lowest BCUT2D eigenvalue weighted by atomic mass is 10.1. The van der Waals surface area contributed by atoms with Crippen LogP contribution in [-0.2, 0) is 14.3 Å². The summed E-state index contributed by atoms with van der Waals surface area (Å²) in [6, 6.07) is 19.1. The van der Waals surface area contributed by atoms with E-state index < -0.39 is 24.4 Å². The van der Waals surface area contributed by atoms with Crippen molar-refractivity contribution in [1.29, 1.82) is 0 Å². The number of rotatable bonds is 7. The quantitative estimate of drug-likeness (QED) is 0.348. The normalized spacial score (nSPS) is 14.3. The Balaban J connectivity index is 1.29. The molecule has 0 radical (unpaired) electrons. The van der Waals surface area contributed by atoms with Gasteiger partial charge >= 0.3 is 5.97 Å². The molecule has 1 aliphatic rings. The number of ketones is 1. The highest BCUT2D eigenvalue weighted by Crippen LogP contribution is 2.27. The van der Waals surface area contributed by atoms with Gasteiger partial charge in [-0.15, -0.1) is 0 Å². The summed E-state index contributed by atoms with van der Waals surface area (Å²) in [7, 11) is 0. The van der Waals surface area contributed by atoms with E-state index >= 15 is 0 Å². The van der Waals surface area contributed by atoms with Crippen LogP contribution in [0.25, 0.3) is 0 Å². The summed E-state index contributed by atoms with van der Waals surface area (Å²) in [5, 5.41) is 8.81. The Labute approximate surface area is 200 Å². The van der Waals surface area contributed by atoms with Gasteiger partial charge in [-0.1, -0.05) is 35.9 Å². The Bertz CT molecular complexity index is 1260. The number of para-hydroxylation sites is 2. The number of hydrogen-bond donors (Lipinski definition) is 3. The lowest BCUT2D eigenvalue weighted by Crippen LogP contribution is -2.41. The minimum absolute atomic E-state index is 0.0753. The zero-order chi connectivity index (χ0) is 24.1. The highest BCUT2D eigenvalue weighted by Gasteiger charge is 2.27. The van der Waals surface area contributed by atoms with Crippen molar-refractivity contribution in [2.45, 2.75) is 12.5 Å². The predicted octanol–water partition coefficient (Wildman–Crippen LogP) is 4.14. The molecule has 2 amide bonds. The number of nitrogens with one attached hydrogen (secondary N) is 3. The summed E-state index contributed by atoms with van der Waals surface area (Å²) in [5.74, 6) is -1.75. The van der Waals surface area contributed by atoms with Gasteiger partial charge in [0.1, 0.15) is 6.04 Å². The number of anilines is 3. The molecule has 0 spiro atoms. The van der Waals surface area contributed by atoms with Gasteiger partial charge in [0.15, 0.2) is 6.61 Å². The molecular formula is C25H20ClN3O5. The van der Waals surface area contributed by atoms with Gasteiger partial charge in [-0.2, -0.15) is 0 Å². The molecule has 4 rings (SSSR count). The third-order valence-electron chi connectivity index (χ3n) is 5.13. The van der Waals surface area contributed by atoms with Gasteiger partial charge in [0, 0.05) is 11.3 Å². The van der Waals surface area contributed by atoms with E-state index in [1.54, 1.807) is 30.3 Å². The van der Waals surface area contributed by atoms with Crippen molar-refractivity contribution < 1.29 is 23.9 Å². The molecule has 3 N–H and O–H groups in total. The number of Topliss-reactive ketones (excluding diaryl/α,β-unsaturated/α-hetero) is 1. The molecule has 1 aliphatic heterocycles. The molecule has 0 saturated heterocycles. The molecule has 1 atom stereocenters. The van der Waals surface area contributed by atoms with Crippen LogP contribution in [-0.4, -0.2) is 36.2 Å². The monoisotopic (exact) mass is 477 g/mol. The first-order valence-corrected chi connectivity index (χ1v) is 10.8. The first kappa shape index (κ1) is 23.0. The van der Waals surface area contributed by atoms with Crippen LogP contribution in [0.3, 0.4) is 0 Å². The smallest absolute Gasteiger partial charge is 0.338 e. The Morgan fingerprint density at radius 3 is 2.32 bits per heavy atom. The molecule has 9 heteroatoms. The molecule has 8 nitrogen and oxygen atoms in total. The van der Waals surface area contributed by atoms with Gasteiger partial charge in [0.05, 0.1) is 28.4 Å². The number of hydrogen-bond acceptors (Lipinski definition) is 6. The largest absolute Gasteiger partial charge is 0.454 e. The number of ether oxygens (including phenoxy) is 1. The lowest BCUT2D eigenvalue weighted by molar-refractivity contribution is -0.122. The number of fused-ring (bicyclic) bond motifs is 1. The topological polar surface area (TPSA) is 114 Å². The van der Waals surface area contributed by atoms with Crippen molar-refractivity contribution in [1.82, 2.24) is 0 Å². The van der Waals surface area contributed by atoms with Gasteiger partial charge in [-0.3, -0.25) is 14.4 Å². The summed E-state index contributed by atoms with van der Waals surface area (Å²) in [6.45, 7) is -0.444. The molecule has 172 valence electrons. The molecule has 34 heavy (non-hydrogen) atoms. The number of benzene rings is 3. The Kier molecular flexibility index (Phi) is 6.89. The molecular weight excluding hydrogens is 458 g/mol. The second-order valence-corrected chi connectivity index (χ2v) is 7.95. The van der Waals surface area contributed by atoms with Crippen molar-refractivity contribution in [3.63, 3.8) is 0 Å². The van der Waals surface area contributed by atoms with Crippen LogP contribution in [0.5, 0.6) is 0 Å². The Morgan fingerprint density at radius 2 is 1.59 bits per heavy atom. The summed E-state index contributed by atoms with van der Waals surface area (Å²) in [6.07, 6.45) is -0.0753. The van der Waals surface area contributed by atoms with E-state index in [0.717, 1.165) is 5.69 Å². The van der Waals surface area contributed by atoms with Crippen LogP contribution >= 0.6 is 11.6 Å². The first-order valence-electron chi connectivity index (χ1n) is 10.4. The summed E-state index contributed by atoms with van der Waals surface area (Å²) >= 11 is 5.98. The van der Waals surface area contributed by atoms with E-state index in [0.29, 0.717) is 11.4 Å².